The minimum Gasteiger partial charge on any atom is -0.508 e. The normalized spacial score (nSPS) is 14.6. The van der Waals surface area contributed by atoms with E-state index in [0.717, 1.165) is 0 Å². The number of hydrogen-bond acceptors (Lipinski definition) is 11. The lowest BCUT2D eigenvalue weighted by molar-refractivity contribution is -0.383. The SMILES string of the molecule is O=[N+]([O-])c1cc(C2(c3cc([N+](=O)[O-])c4oc(-c5ccc(O)cc5)nc4c3)CCOCC2)cc2nc(-c3ccc(O)cc3)oc12. The molecule has 0 aliphatic carbocycles. The number of rotatable bonds is 6. The molecule has 0 spiro atoms. The molecule has 13 nitrogen and oxygen atoms in total. The Morgan fingerprint density at radius 2 is 1.07 bits per heavy atom. The second-order valence-electron chi connectivity index (χ2n) is 10.5. The van der Waals surface area contributed by atoms with Crippen molar-refractivity contribution < 1.29 is 33.6 Å². The zero-order chi connectivity index (χ0) is 30.6. The Bertz CT molecular complexity index is 1930. The zero-order valence-electron chi connectivity index (χ0n) is 22.8. The maximum atomic E-state index is 12.3. The number of benzene rings is 4. The van der Waals surface area contributed by atoms with Crippen LogP contribution in [-0.4, -0.2) is 43.2 Å². The molecular formula is C31H22N4O9. The zero-order valence-corrected chi connectivity index (χ0v) is 22.8. The van der Waals surface area contributed by atoms with Crippen molar-refractivity contribution in [3.05, 3.63) is 104 Å². The van der Waals surface area contributed by atoms with E-state index in [1.54, 1.807) is 36.4 Å². The summed E-state index contributed by atoms with van der Waals surface area (Å²) >= 11 is 0. The molecule has 1 fully saturated rings. The summed E-state index contributed by atoms with van der Waals surface area (Å²) in [5.74, 6) is 0.381. The van der Waals surface area contributed by atoms with E-state index in [9.17, 15) is 30.4 Å². The molecule has 0 unspecified atom stereocenters. The summed E-state index contributed by atoms with van der Waals surface area (Å²) in [5.41, 5.74) is 1.04. The average Bonchev–Trinajstić information content (AvgIpc) is 3.65. The number of nitro benzene ring substituents is 2. The van der Waals surface area contributed by atoms with E-state index in [-0.39, 0.29) is 56.9 Å². The maximum absolute atomic E-state index is 12.3. The van der Waals surface area contributed by atoms with Gasteiger partial charge in [-0.1, -0.05) is 0 Å². The summed E-state index contributed by atoms with van der Waals surface area (Å²) in [6, 6.07) is 18.5. The first-order valence-corrected chi connectivity index (χ1v) is 13.6. The quantitative estimate of drug-likeness (QED) is 0.156. The summed E-state index contributed by atoms with van der Waals surface area (Å²) in [6.07, 6.45) is 0.757. The fourth-order valence-corrected chi connectivity index (χ4v) is 5.77. The van der Waals surface area contributed by atoms with Gasteiger partial charge in [-0.3, -0.25) is 20.2 Å². The molecule has 6 aromatic rings. The van der Waals surface area contributed by atoms with Gasteiger partial charge in [0.1, 0.15) is 22.5 Å². The molecule has 7 rings (SSSR count). The van der Waals surface area contributed by atoms with Crippen LogP contribution in [0, 0.1) is 20.2 Å². The Kier molecular flexibility index (Phi) is 6.25. The molecule has 0 radical (unpaired) electrons. The lowest BCUT2D eigenvalue weighted by Gasteiger charge is -2.38. The van der Waals surface area contributed by atoms with Crippen LogP contribution in [-0.2, 0) is 10.2 Å². The molecule has 0 amide bonds. The van der Waals surface area contributed by atoms with Crippen LogP contribution in [0.2, 0.25) is 0 Å². The molecule has 3 heterocycles. The smallest absolute Gasteiger partial charge is 0.314 e. The molecule has 2 N–H and O–H groups in total. The third-order valence-electron chi connectivity index (χ3n) is 8.01. The summed E-state index contributed by atoms with van der Waals surface area (Å²) in [4.78, 5) is 32.6. The molecule has 44 heavy (non-hydrogen) atoms. The average molecular weight is 595 g/mol. The van der Waals surface area contributed by atoms with Crippen molar-refractivity contribution in [1.82, 2.24) is 9.97 Å². The van der Waals surface area contributed by atoms with Gasteiger partial charge in [-0.05, 0) is 84.6 Å². The molecule has 4 aromatic carbocycles. The highest BCUT2D eigenvalue weighted by molar-refractivity contribution is 5.88. The number of phenolic OH excluding ortho intramolecular Hbond substituents is 2. The first kappa shape index (κ1) is 27.0. The Morgan fingerprint density at radius 3 is 1.45 bits per heavy atom. The number of hydrogen-bond donors (Lipinski definition) is 2. The Balaban J connectivity index is 1.43. The minimum absolute atomic E-state index is 0.0134. The van der Waals surface area contributed by atoms with Crippen molar-refractivity contribution in [2.45, 2.75) is 18.3 Å². The Hall–Kier alpha value is -5.82. The van der Waals surface area contributed by atoms with Crippen LogP contribution < -0.4 is 0 Å². The van der Waals surface area contributed by atoms with Gasteiger partial charge in [-0.15, -0.1) is 0 Å². The summed E-state index contributed by atoms with van der Waals surface area (Å²) in [6.45, 7) is 0.625. The summed E-state index contributed by atoms with van der Waals surface area (Å²) < 4.78 is 17.3. The predicted molar refractivity (Wildman–Crippen MR) is 156 cm³/mol. The molecule has 2 aromatic heterocycles. The van der Waals surface area contributed by atoms with Gasteiger partial charge in [0, 0.05) is 41.9 Å². The number of nitro groups is 2. The second kappa shape index (κ2) is 10.2. The monoisotopic (exact) mass is 594 g/mol. The van der Waals surface area contributed by atoms with Crippen molar-refractivity contribution in [3.8, 4) is 34.4 Å². The second-order valence-corrected chi connectivity index (χ2v) is 10.5. The first-order chi connectivity index (χ1) is 21.2. The molecule has 0 bridgehead atoms. The summed E-state index contributed by atoms with van der Waals surface area (Å²) in [5, 5.41) is 43.9. The van der Waals surface area contributed by atoms with Crippen molar-refractivity contribution in [1.29, 1.82) is 0 Å². The topological polar surface area (TPSA) is 188 Å². The van der Waals surface area contributed by atoms with Gasteiger partial charge in [-0.2, -0.15) is 0 Å². The Morgan fingerprint density at radius 1 is 0.659 bits per heavy atom. The van der Waals surface area contributed by atoms with Crippen LogP contribution >= 0.6 is 0 Å². The van der Waals surface area contributed by atoms with E-state index in [1.807, 2.05) is 0 Å². The fraction of sp³-hybridized carbons (Fsp3) is 0.161. The maximum Gasteiger partial charge on any atom is 0.314 e. The number of non-ortho nitro benzene ring substituents is 2. The fourth-order valence-electron chi connectivity index (χ4n) is 5.77. The highest BCUT2D eigenvalue weighted by atomic mass is 16.6. The molecule has 1 aliphatic heterocycles. The van der Waals surface area contributed by atoms with Crippen LogP contribution in [0.3, 0.4) is 0 Å². The lowest BCUT2D eigenvalue weighted by Crippen LogP contribution is -2.35. The van der Waals surface area contributed by atoms with Gasteiger partial charge in [0.2, 0.25) is 22.9 Å². The van der Waals surface area contributed by atoms with Crippen molar-refractivity contribution in [3.63, 3.8) is 0 Å². The number of fused-ring (bicyclic) bond motifs is 2. The van der Waals surface area contributed by atoms with Gasteiger partial charge < -0.3 is 23.8 Å². The van der Waals surface area contributed by atoms with Crippen LogP contribution in [0.4, 0.5) is 11.4 Å². The molecule has 220 valence electrons. The van der Waals surface area contributed by atoms with Gasteiger partial charge >= 0.3 is 11.4 Å². The van der Waals surface area contributed by atoms with E-state index in [2.05, 4.69) is 9.97 Å². The Labute approximate surface area is 247 Å². The third kappa shape index (κ3) is 4.46. The van der Waals surface area contributed by atoms with Crippen molar-refractivity contribution in [2.24, 2.45) is 0 Å². The molecule has 0 atom stereocenters. The van der Waals surface area contributed by atoms with Gasteiger partial charge in [-0.25, -0.2) is 9.97 Å². The van der Waals surface area contributed by atoms with Gasteiger partial charge in [0.25, 0.3) is 0 Å². The van der Waals surface area contributed by atoms with Crippen LogP contribution in [0.15, 0.2) is 81.6 Å². The van der Waals surface area contributed by atoms with Crippen molar-refractivity contribution in [2.75, 3.05) is 13.2 Å². The van der Waals surface area contributed by atoms with Crippen LogP contribution in [0.25, 0.3) is 45.1 Å². The number of aromatic hydroxyl groups is 2. The third-order valence-corrected chi connectivity index (χ3v) is 8.01. The lowest BCUT2D eigenvalue weighted by atomic mass is 9.69. The predicted octanol–water partition coefficient (Wildman–Crippen LogP) is 6.63. The molecular weight excluding hydrogens is 572 g/mol. The van der Waals surface area contributed by atoms with Gasteiger partial charge in [0.15, 0.2) is 0 Å². The number of nitrogens with zero attached hydrogens (tertiary/aromatic N) is 4. The van der Waals surface area contributed by atoms with E-state index in [0.29, 0.717) is 48.3 Å². The van der Waals surface area contributed by atoms with Gasteiger partial charge in [0.05, 0.1) is 9.85 Å². The molecule has 13 heteroatoms. The molecule has 1 saturated heterocycles. The number of phenols is 2. The first-order valence-electron chi connectivity index (χ1n) is 13.6. The summed E-state index contributed by atoms with van der Waals surface area (Å²) in [7, 11) is 0. The van der Waals surface area contributed by atoms with Crippen molar-refractivity contribution >= 4 is 33.6 Å². The van der Waals surface area contributed by atoms with Crippen LogP contribution in [0.1, 0.15) is 24.0 Å². The number of aromatic nitrogens is 2. The highest BCUT2D eigenvalue weighted by Crippen LogP contribution is 2.47. The largest absolute Gasteiger partial charge is 0.508 e. The van der Waals surface area contributed by atoms with E-state index < -0.39 is 15.3 Å². The number of oxazole rings is 2. The van der Waals surface area contributed by atoms with E-state index in [4.69, 9.17) is 13.6 Å². The van der Waals surface area contributed by atoms with Crippen LogP contribution in [0.5, 0.6) is 11.5 Å². The number of ether oxygens (including phenoxy) is 1. The van der Waals surface area contributed by atoms with E-state index >= 15 is 0 Å². The molecule has 1 aliphatic rings. The highest BCUT2D eigenvalue weighted by Gasteiger charge is 2.40. The molecule has 0 saturated carbocycles. The van der Waals surface area contributed by atoms with E-state index in [1.165, 1.54) is 36.4 Å². The standard InChI is InChI=1S/C31H22N4O9/c36-21-5-1-17(2-6-21)29-32-23-13-19(15-25(34(38)39)27(23)43-29)31(9-11-42-12-10-31)20-14-24-28(26(16-20)35(40)41)44-30(33-24)18-3-7-22(37)8-4-18/h1-8,13-16,36-37H,9-12H2. The minimum atomic E-state index is -0.925.